The molecule has 1 aromatic heterocycles. The third-order valence-electron chi connectivity index (χ3n) is 5.66. The maximum atomic E-state index is 13.8. The Balaban J connectivity index is 2.04. The van der Waals surface area contributed by atoms with Crippen LogP contribution in [0, 0.1) is 0 Å². The van der Waals surface area contributed by atoms with Gasteiger partial charge in [0, 0.05) is 14.5 Å². The first kappa shape index (κ1) is 27.4. The molecule has 0 fully saturated rings. The van der Waals surface area contributed by atoms with Crippen molar-refractivity contribution in [1.29, 1.82) is 0 Å². The Morgan fingerprint density at radius 2 is 1.89 bits per heavy atom. The molecular weight excluding hydrogens is 652 g/mol. The summed E-state index contributed by atoms with van der Waals surface area (Å²) < 4.78 is 19.2. The molecule has 0 radical (unpaired) electrons. The van der Waals surface area contributed by atoms with Crippen LogP contribution in [0.1, 0.15) is 31.0 Å². The van der Waals surface area contributed by atoms with Crippen molar-refractivity contribution in [2.75, 3.05) is 20.8 Å². The third kappa shape index (κ3) is 5.09. The highest BCUT2D eigenvalue weighted by molar-refractivity contribution is 9.10. The number of esters is 1. The number of methoxy groups -OCH3 is 2. The number of fused-ring (bicyclic) bond motifs is 1. The maximum absolute atomic E-state index is 13.8. The molecule has 1 atom stereocenters. The van der Waals surface area contributed by atoms with Crippen molar-refractivity contribution < 1.29 is 24.1 Å². The number of carbonyl (C=O) groups is 1. The van der Waals surface area contributed by atoms with E-state index in [2.05, 4.69) is 36.9 Å². The van der Waals surface area contributed by atoms with Gasteiger partial charge in [-0.1, -0.05) is 54.8 Å². The molecule has 0 spiro atoms. The van der Waals surface area contributed by atoms with E-state index in [1.807, 2.05) is 0 Å². The van der Waals surface area contributed by atoms with Crippen LogP contribution in [0.25, 0.3) is 6.08 Å². The molecule has 0 unspecified atom stereocenters. The summed E-state index contributed by atoms with van der Waals surface area (Å²) in [4.78, 5) is 31.9. The Kier molecular flexibility index (Phi) is 8.17. The van der Waals surface area contributed by atoms with Crippen LogP contribution in [-0.4, -0.2) is 36.5 Å². The fourth-order valence-electron chi connectivity index (χ4n) is 4.00. The second-order valence-corrected chi connectivity index (χ2v) is 11.0. The quantitative estimate of drug-likeness (QED) is 0.382. The van der Waals surface area contributed by atoms with Crippen molar-refractivity contribution in [3.8, 4) is 17.2 Å². The number of rotatable bonds is 6. The molecular formula is C25H21Br2ClN2O6S. The van der Waals surface area contributed by atoms with Gasteiger partial charge >= 0.3 is 5.97 Å². The Hall–Kier alpha value is -2.60. The predicted molar refractivity (Wildman–Crippen MR) is 148 cm³/mol. The van der Waals surface area contributed by atoms with E-state index >= 15 is 0 Å². The van der Waals surface area contributed by atoms with Crippen LogP contribution < -0.4 is 24.4 Å². The average Bonchev–Trinajstić information content (AvgIpc) is 3.15. The number of aromatic hydroxyl groups is 1. The average molecular weight is 673 g/mol. The number of hydrogen-bond acceptors (Lipinski definition) is 8. The number of hydrogen-bond donors (Lipinski definition) is 1. The smallest absolute Gasteiger partial charge is 0.338 e. The molecule has 4 rings (SSSR count). The van der Waals surface area contributed by atoms with Crippen molar-refractivity contribution in [2.45, 2.75) is 19.9 Å². The number of aromatic nitrogens is 1. The molecule has 194 valence electrons. The number of nitrogens with zero attached hydrogens (tertiary/aromatic N) is 2. The van der Waals surface area contributed by atoms with Crippen LogP contribution >= 0.6 is 54.8 Å². The second-order valence-electron chi connectivity index (χ2n) is 7.86. The van der Waals surface area contributed by atoms with E-state index in [4.69, 9.17) is 25.8 Å². The third-order valence-corrected chi connectivity index (χ3v) is 8.07. The predicted octanol–water partition coefficient (Wildman–Crippen LogP) is 4.70. The number of carbonyl (C=O) groups excluding carboxylic acids is 1. The van der Waals surface area contributed by atoms with Crippen molar-refractivity contribution in [1.82, 2.24) is 4.57 Å². The summed E-state index contributed by atoms with van der Waals surface area (Å²) in [6.45, 7) is 3.56. The molecule has 2 aromatic carbocycles. The summed E-state index contributed by atoms with van der Waals surface area (Å²) in [5.74, 6) is 0.166. The van der Waals surface area contributed by atoms with Gasteiger partial charge < -0.3 is 19.3 Å². The lowest BCUT2D eigenvalue weighted by atomic mass is 9.95. The molecule has 1 aliphatic heterocycles. The number of ether oxygens (including phenoxy) is 3. The summed E-state index contributed by atoms with van der Waals surface area (Å²) in [7, 11) is 3.02. The summed E-state index contributed by atoms with van der Waals surface area (Å²) >= 11 is 14.2. The standard InChI is InChI=1S/C25H21Br2ClN2O6S/c1-5-36-24(33)20-11(2)29-25-30(21(20)14-9-17(34-3)18(35-4)10-15(14)27)23(32)19(37-25)7-12-6-13(26)8-16(28)22(12)31/h6-10,21,31H,5H2,1-4H3/b19-7-/t21-/m1/s1. The van der Waals surface area contributed by atoms with Crippen molar-refractivity contribution >= 4 is 66.8 Å². The largest absolute Gasteiger partial charge is 0.506 e. The van der Waals surface area contributed by atoms with Crippen LogP contribution in [-0.2, 0) is 9.53 Å². The van der Waals surface area contributed by atoms with Gasteiger partial charge in [-0.15, -0.1) is 0 Å². The lowest BCUT2D eigenvalue weighted by molar-refractivity contribution is -0.139. The highest BCUT2D eigenvalue weighted by atomic mass is 79.9. The lowest BCUT2D eigenvalue weighted by Crippen LogP contribution is -2.40. The summed E-state index contributed by atoms with van der Waals surface area (Å²) in [5, 5.41) is 10.6. The first-order chi connectivity index (χ1) is 17.6. The van der Waals surface area contributed by atoms with Gasteiger partial charge in [-0.05, 0) is 49.8 Å². The second kappa shape index (κ2) is 11.0. The monoisotopic (exact) mass is 670 g/mol. The van der Waals surface area contributed by atoms with Crippen LogP contribution in [0.2, 0.25) is 5.02 Å². The maximum Gasteiger partial charge on any atom is 0.338 e. The minimum atomic E-state index is -0.869. The molecule has 0 bridgehead atoms. The molecule has 3 aromatic rings. The molecule has 0 saturated carbocycles. The number of allylic oxidation sites excluding steroid dienone is 1. The molecule has 0 amide bonds. The van der Waals surface area contributed by atoms with Gasteiger partial charge in [0.15, 0.2) is 16.3 Å². The van der Waals surface area contributed by atoms with Crippen LogP contribution in [0.15, 0.2) is 54.3 Å². The van der Waals surface area contributed by atoms with E-state index in [1.165, 1.54) is 18.8 Å². The summed E-state index contributed by atoms with van der Waals surface area (Å²) in [6.07, 6.45) is 1.54. The topological polar surface area (TPSA) is 99.4 Å². The highest BCUT2D eigenvalue weighted by Crippen LogP contribution is 2.41. The van der Waals surface area contributed by atoms with E-state index in [9.17, 15) is 14.7 Å². The Labute approximate surface area is 237 Å². The van der Waals surface area contributed by atoms with Gasteiger partial charge in [-0.3, -0.25) is 9.36 Å². The van der Waals surface area contributed by atoms with Crippen molar-refractivity contribution in [3.63, 3.8) is 0 Å². The normalized spacial score (nSPS) is 15.3. The van der Waals surface area contributed by atoms with E-state index < -0.39 is 17.6 Å². The van der Waals surface area contributed by atoms with Crippen LogP contribution in [0.4, 0.5) is 0 Å². The summed E-state index contributed by atoms with van der Waals surface area (Å²) in [5.41, 5.74) is 1.18. The Bertz CT molecular complexity index is 1630. The molecule has 12 heteroatoms. The molecule has 0 aliphatic carbocycles. The number of phenolic OH excluding ortho intramolecular Hbond substituents is 1. The molecule has 8 nitrogen and oxygen atoms in total. The zero-order chi connectivity index (χ0) is 27.0. The number of phenols is 1. The Morgan fingerprint density at radius 1 is 1.22 bits per heavy atom. The highest BCUT2D eigenvalue weighted by Gasteiger charge is 2.35. The lowest BCUT2D eigenvalue weighted by Gasteiger charge is -2.26. The molecule has 0 saturated heterocycles. The fourth-order valence-corrected chi connectivity index (χ4v) is 6.41. The zero-order valence-electron chi connectivity index (χ0n) is 20.1. The zero-order valence-corrected chi connectivity index (χ0v) is 24.8. The van der Waals surface area contributed by atoms with E-state index in [0.29, 0.717) is 46.6 Å². The van der Waals surface area contributed by atoms with Gasteiger partial charge in [0.25, 0.3) is 5.56 Å². The molecule has 37 heavy (non-hydrogen) atoms. The van der Waals surface area contributed by atoms with Gasteiger partial charge in [-0.2, -0.15) is 0 Å². The van der Waals surface area contributed by atoms with E-state index in [1.54, 1.807) is 44.2 Å². The minimum Gasteiger partial charge on any atom is -0.506 e. The SMILES string of the molecule is CCOC(=O)C1=C(C)N=c2s/c(=C\c3cc(Br)cc(Cl)c3O)c(=O)n2[C@@H]1c1cc(OC)c(OC)cc1Br. The van der Waals surface area contributed by atoms with Gasteiger partial charge in [0.05, 0.1) is 47.7 Å². The fraction of sp³-hybridized carbons (Fsp3) is 0.240. The van der Waals surface area contributed by atoms with Gasteiger partial charge in [-0.25, -0.2) is 9.79 Å². The molecule has 1 N–H and O–H groups in total. The van der Waals surface area contributed by atoms with Crippen LogP contribution in [0.5, 0.6) is 17.2 Å². The number of benzene rings is 2. The van der Waals surface area contributed by atoms with E-state index in [-0.39, 0.29) is 23.0 Å². The van der Waals surface area contributed by atoms with Crippen LogP contribution in [0.3, 0.4) is 0 Å². The Morgan fingerprint density at radius 3 is 2.54 bits per heavy atom. The number of thiazole rings is 1. The summed E-state index contributed by atoms with van der Waals surface area (Å²) in [6, 6.07) is 5.76. The first-order valence-corrected chi connectivity index (χ1v) is 13.7. The van der Waals surface area contributed by atoms with Crippen molar-refractivity contribution in [3.05, 3.63) is 80.3 Å². The van der Waals surface area contributed by atoms with Gasteiger partial charge in [0.1, 0.15) is 5.75 Å². The molecule has 2 heterocycles. The molecule has 1 aliphatic rings. The first-order valence-electron chi connectivity index (χ1n) is 10.9. The van der Waals surface area contributed by atoms with E-state index in [0.717, 1.165) is 11.3 Å². The van der Waals surface area contributed by atoms with Crippen molar-refractivity contribution in [2.24, 2.45) is 4.99 Å². The van der Waals surface area contributed by atoms with Gasteiger partial charge in [0.2, 0.25) is 0 Å². The minimum absolute atomic E-state index is 0.140. The number of halogens is 3.